The minimum atomic E-state index is 0.113. The number of halogens is 1. The predicted octanol–water partition coefficient (Wildman–Crippen LogP) is 4.68. The van der Waals surface area contributed by atoms with Gasteiger partial charge in [0.15, 0.2) is 10.1 Å². The number of aryl methyl sites for hydroxylation is 1. The summed E-state index contributed by atoms with van der Waals surface area (Å²) in [4.78, 5) is 12.5. The Labute approximate surface area is 151 Å². The van der Waals surface area contributed by atoms with E-state index in [9.17, 15) is 4.79 Å². The Morgan fingerprint density at radius 3 is 2.70 bits per heavy atom. The van der Waals surface area contributed by atoms with Crippen LogP contribution in [0.1, 0.15) is 21.7 Å². The molecule has 0 aliphatic heterocycles. The van der Waals surface area contributed by atoms with Gasteiger partial charge in [-0.15, -0.1) is 10.2 Å². The van der Waals surface area contributed by atoms with E-state index in [1.54, 1.807) is 5.51 Å². The lowest BCUT2D eigenvalue weighted by molar-refractivity contribution is 0.102. The Balaban J connectivity index is 1.85. The van der Waals surface area contributed by atoms with Gasteiger partial charge in [0.2, 0.25) is 0 Å². The van der Waals surface area contributed by atoms with Crippen LogP contribution >= 0.6 is 39.0 Å². The van der Waals surface area contributed by atoms with Crippen molar-refractivity contribution in [3.05, 3.63) is 57.3 Å². The van der Waals surface area contributed by atoms with Gasteiger partial charge in [0.1, 0.15) is 5.51 Å². The summed E-state index contributed by atoms with van der Waals surface area (Å²) in [6.45, 7) is 4.00. The molecule has 0 radical (unpaired) electrons. The van der Waals surface area contributed by atoms with Gasteiger partial charge < -0.3 is 4.57 Å². The average molecular weight is 408 g/mol. The fourth-order valence-corrected chi connectivity index (χ4v) is 4.10. The third kappa shape index (κ3) is 3.57. The van der Waals surface area contributed by atoms with Gasteiger partial charge in [0.25, 0.3) is 0 Å². The van der Waals surface area contributed by atoms with Crippen LogP contribution < -0.4 is 0 Å². The Bertz CT molecular complexity index is 826. The molecule has 3 aromatic rings. The number of thioether (sulfide) groups is 1. The van der Waals surface area contributed by atoms with Gasteiger partial charge in [0, 0.05) is 27.1 Å². The SMILES string of the molecule is Cc1cc(C(=O)CSc2nncs2)c(C)n1-c1ccc(Br)cc1. The van der Waals surface area contributed by atoms with E-state index in [1.807, 2.05) is 44.2 Å². The van der Waals surface area contributed by atoms with Gasteiger partial charge in [-0.05, 0) is 44.2 Å². The zero-order chi connectivity index (χ0) is 16.4. The van der Waals surface area contributed by atoms with E-state index < -0.39 is 0 Å². The number of hydrogen-bond donors (Lipinski definition) is 0. The number of Topliss-reactive ketones (excluding diaryl/α,β-unsaturated/α-hetero) is 1. The highest BCUT2D eigenvalue weighted by molar-refractivity contribution is 9.10. The molecule has 7 heteroatoms. The lowest BCUT2D eigenvalue weighted by Gasteiger charge is -2.10. The summed E-state index contributed by atoms with van der Waals surface area (Å²) in [5.41, 5.74) is 5.51. The number of carbonyl (C=O) groups excluding carboxylic acids is 1. The van der Waals surface area contributed by atoms with E-state index in [2.05, 4.69) is 30.7 Å². The molecule has 0 spiro atoms. The third-order valence-corrected chi connectivity index (χ3v) is 5.87. The third-order valence-electron chi connectivity index (χ3n) is 3.48. The summed E-state index contributed by atoms with van der Waals surface area (Å²) in [7, 11) is 0. The highest BCUT2D eigenvalue weighted by Crippen LogP contribution is 2.25. The molecule has 118 valence electrons. The molecule has 0 aliphatic carbocycles. The zero-order valence-corrected chi connectivity index (χ0v) is 15.8. The van der Waals surface area contributed by atoms with Gasteiger partial charge in [-0.25, -0.2) is 0 Å². The van der Waals surface area contributed by atoms with Crippen molar-refractivity contribution in [2.24, 2.45) is 0 Å². The lowest BCUT2D eigenvalue weighted by atomic mass is 10.2. The molecule has 23 heavy (non-hydrogen) atoms. The van der Waals surface area contributed by atoms with Crippen molar-refractivity contribution in [2.75, 3.05) is 5.75 Å². The monoisotopic (exact) mass is 407 g/mol. The van der Waals surface area contributed by atoms with Crippen molar-refractivity contribution < 1.29 is 4.79 Å². The van der Waals surface area contributed by atoms with Gasteiger partial charge in [-0.3, -0.25) is 4.79 Å². The van der Waals surface area contributed by atoms with E-state index in [1.165, 1.54) is 23.1 Å². The highest BCUT2D eigenvalue weighted by Gasteiger charge is 2.17. The van der Waals surface area contributed by atoms with Crippen molar-refractivity contribution in [3.63, 3.8) is 0 Å². The number of aromatic nitrogens is 3. The smallest absolute Gasteiger partial charge is 0.174 e. The summed E-state index contributed by atoms with van der Waals surface area (Å²) >= 11 is 6.33. The Kier molecular flexibility index (Phi) is 4.99. The molecule has 0 N–H and O–H groups in total. The van der Waals surface area contributed by atoms with Crippen molar-refractivity contribution in [1.82, 2.24) is 14.8 Å². The van der Waals surface area contributed by atoms with Crippen LogP contribution in [0.2, 0.25) is 0 Å². The minimum absolute atomic E-state index is 0.113. The van der Waals surface area contributed by atoms with Crippen LogP contribution in [0, 0.1) is 13.8 Å². The fourth-order valence-electron chi connectivity index (χ4n) is 2.46. The van der Waals surface area contributed by atoms with E-state index >= 15 is 0 Å². The number of nitrogens with zero attached hydrogens (tertiary/aromatic N) is 3. The van der Waals surface area contributed by atoms with Crippen molar-refractivity contribution in [3.8, 4) is 5.69 Å². The van der Waals surface area contributed by atoms with Crippen molar-refractivity contribution >= 4 is 44.8 Å². The largest absolute Gasteiger partial charge is 0.318 e. The van der Waals surface area contributed by atoms with E-state index in [-0.39, 0.29) is 5.78 Å². The molecule has 2 aromatic heterocycles. The number of rotatable bonds is 5. The first-order valence-corrected chi connectivity index (χ1v) is 9.59. The van der Waals surface area contributed by atoms with Crippen molar-refractivity contribution in [2.45, 2.75) is 18.2 Å². The van der Waals surface area contributed by atoms with Gasteiger partial charge in [0.05, 0.1) is 5.75 Å². The molecule has 0 saturated heterocycles. The second-order valence-electron chi connectivity index (χ2n) is 5.01. The number of benzene rings is 1. The van der Waals surface area contributed by atoms with Crippen LogP contribution in [-0.4, -0.2) is 26.3 Å². The summed E-state index contributed by atoms with van der Waals surface area (Å²) in [6, 6.07) is 10.0. The summed E-state index contributed by atoms with van der Waals surface area (Å²) < 4.78 is 3.96. The maximum absolute atomic E-state index is 12.5. The first-order valence-electron chi connectivity index (χ1n) is 6.93. The molecule has 4 nitrogen and oxygen atoms in total. The van der Waals surface area contributed by atoms with E-state index in [0.717, 1.165) is 31.5 Å². The van der Waals surface area contributed by atoms with E-state index in [4.69, 9.17) is 0 Å². The molecule has 2 heterocycles. The second kappa shape index (κ2) is 6.98. The maximum atomic E-state index is 12.5. The summed E-state index contributed by atoms with van der Waals surface area (Å²) in [5.74, 6) is 0.487. The van der Waals surface area contributed by atoms with Crippen LogP contribution in [0.5, 0.6) is 0 Å². The van der Waals surface area contributed by atoms with Gasteiger partial charge in [-0.2, -0.15) is 0 Å². The van der Waals surface area contributed by atoms with Crippen LogP contribution in [-0.2, 0) is 0 Å². The van der Waals surface area contributed by atoms with Crippen LogP contribution in [0.4, 0.5) is 0 Å². The fraction of sp³-hybridized carbons (Fsp3) is 0.188. The normalized spacial score (nSPS) is 10.9. The van der Waals surface area contributed by atoms with E-state index in [0.29, 0.717) is 5.75 Å². The van der Waals surface area contributed by atoms with Crippen LogP contribution in [0.15, 0.2) is 44.7 Å². The molecule has 0 saturated carbocycles. The van der Waals surface area contributed by atoms with Crippen LogP contribution in [0.25, 0.3) is 5.69 Å². The van der Waals surface area contributed by atoms with Gasteiger partial charge >= 0.3 is 0 Å². The second-order valence-corrected chi connectivity index (χ2v) is 7.98. The molecule has 1 aromatic carbocycles. The topological polar surface area (TPSA) is 47.8 Å². The molecular formula is C16H14BrN3OS2. The Morgan fingerprint density at radius 2 is 2.04 bits per heavy atom. The molecular weight excluding hydrogens is 394 g/mol. The number of ketones is 1. The Hall–Kier alpha value is -1.44. The minimum Gasteiger partial charge on any atom is -0.318 e. The first-order chi connectivity index (χ1) is 11.1. The predicted molar refractivity (Wildman–Crippen MR) is 97.9 cm³/mol. The standard InChI is InChI=1S/C16H14BrN3OS2/c1-10-7-14(15(21)8-22-16-19-18-9-23-16)11(2)20(10)13-5-3-12(17)4-6-13/h3-7,9H,8H2,1-2H3. The first kappa shape index (κ1) is 16.4. The number of carbonyl (C=O) groups is 1. The zero-order valence-electron chi connectivity index (χ0n) is 12.6. The molecule has 0 amide bonds. The lowest BCUT2D eigenvalue weighted by Crippen LogP contribution is -2.05. The molecule has 0 unspecified atom stereocenters. The van der Waals surface area contributed by atoms with Crippen LogP contribution in [0.3, 0.4) is 0 Å². The Morgan fingerprint density at radius 1 is 1.30 bits per heavy atom. The quantitative estimate of drug-likeness (QED) is 0.454. The highest BCUT2D eigenvalue weighted by atomic mass is 79.9. The van der Waals surface area contributed by atoms with Crippen molar-refractivity contribution in [1.29, 1.82) is 0 Å². The molecule has 0 atom stereocenters. The molecule has 0 aliphatic rings. The summed E-state index contributed by atoms with van der Waals surface area (Å²) in [5, 5.41) is 7.74. The van der Waals surface area contributed by atoms with Gasteiger partial charge in [-0.1, -0.05) is 39.0 Å². The molecule has 3 rings (SSSR count). The number of hydrogen-bond acceptors (Lipinski definition) is 5. The summed E-state index contributed by atoms with van der Waals surface area (Å²) in [6.07, 6.45) is 0. The molecule has 0 fully saturated rings. The average Bonchev–Trinajstić information content (AvgIpc) is 3.14. The maximum Gasteiger partial charge on any atom is 0.174 e. The molecule has 0 bridgehead atoms.